The average Bonchev–Trinajstić information content (AvgIpc) is 2.97. The molecule has 0 aromatic heterocycles. The lowest BCUT2D eigenvalue weighted by Gasteiger charge is -2.34. The summed E-state index contributed by atoms with van der Waals surface area (Å²) in [6.07, 6.45) is 7.14. The van der Waals surface area contributed by atoms with Crippen LogP contribution in [0.3, 0.4) is 0 Å². The minimum atomic E-state index is -3.58. The second kappa shape index (κ2) is 15.6. The predicted octanol–water partition coefficient (Wildman–Crippen LogP) is 6.59. The lowest BCUT2D eigenvalue weighted by molar-refractivity contribution is -0.141. The molecule has 0 bridgehead atoms. The molecule has 1 fully saturated rings. The number of amides is 2. The van der Waals surface area contributed by atoms with Gasteiger partial charge >= 0.3 is 0 Å². The van der Waals surface area contributed by atoms with E-state index in [1.807, 2.05) is 80.6 Å². The molecule has 4 rings (SSSR count). The number of rotatable bonds is 13. The molecule has 9 heteroatoms. The van der Waals surface area contributed by atoms with Gasteiger partial charge in [0.1, 0.15) is 6.04 Å². The first kappa shape index (κ1) is 33.5. The second-order valence-corrected chi connectivity index (χ2v) is 14.3. The van der Waals surface area contributed by atoms with Gasteiger partial charge in [0.25, 0.3) is 0 Å². The lowest BCUT2D eigenvalue weighted by Crippen LogP contribution is -2.52. The first-order valence-corrected chi connectivity index (χ1v) is 17.7. The molecule has 1 N–H and O–H groups in total. The molecule has 0 heterocycles. The highest BCUT2D eigenvalue weighted by molar-refractivity contribution is 7.92. The van der Waals surface area contributed by atoms with Crippen LogP contribution in [0.15, 0.2) is 72.8 Å². The fourth-order valence-corrected chi connectivity index (χ4v) is 7.19. The number of anilines is 1. The molecule has 2 amide bonds. The summed E-state index contributed by atoms with van der Waals surface area (Å²) in [6, 6.07) is 22.1. The SMILES string of the molecule is Cc1cc(C)cc(N(CCCC(=O)N(Cc2cccc(Cl)c2)[C@H](Cc2ccccc2)C(=O)NC2CCCCC2)S(C)(=O)=O)c1. The molecule has 3 aromatic rings. The van der Waals surface area contributed by atoms with Crippen molar-refractivity contribution in [2.45, 2.75) is 83.8 Å². The highest BCUT2D eigenvalue weighted by Gasteiger charge is 2.32. The largest absolute Gasteiger partial charge is 0.352 e. The number of carbonyl (C=O) groups is 2. The molecule has 236 valence electrons. The van der Waals surface area contributed by atoms with Crippen molar-refractivity contribution in [1.29, 1.82) is 0 Å². The average molecular weight is 638 g/mol. The van der Waals surface area contributed by atoms with Crippen molar-refractivity contribution in [1.82, 2.24) is 10.2 Å². The molecule has 44 heavy (non-hydrogen) atoms. The number of halogens is 1. The van der Waals surface area contributed by atoms with E-state index in [-0.39, 0.29) is 37.4 Å². The van der Waals surface area contributed by atoms with Crippen molar-refractivity contribution in [2.75, 3.05) is 17.1 Å². The van der Waals surface area contributed by atoms with Gasteiger partial charge in [-0.25, -0.2) is 8.42 Å². The number of carbonyl (C=O) groups excluding carboxylic acids is 2. The monoisotopic (exact) mass is 637 g/mol. The number of benzene rings is 3. The quantitative estimate of drug-likeness (QED) is 0.229. The number of nitrogens with zero attached hydrogens (tertiary/aromatic N) is 2. The molecule has 0 spiro atoms. The maximum Gasteiger partial charge on any atom is 0.243 e. The van der Waals surface area contributed by atoms with E-state index in [0.29, 0.717) is 23.6 Å². The highest BCUT2D eigenvalue weighted by atomic mass is 35.5. The van der Waals surface area contributed by atoms with E-state index in [1.165, 1.54) is 17.0 Å². The van der Waals surface area contributed by atoms with Crippen LogP contribution in [0.4, 0.5) is 5.69 Å². The molecule has 1 aliphatic carbocycles. The molecule has 0 unspecified atom stereocenters. The number of nitrogens with one attached hydrogen (secondary N) is 1. The number of hydrogen-bond donors (Lipinski definition) is 1. The van der Waals surface area contributed by atoms with Gasteiger partial charge in [-0.3, -0.25) is 13.9 Å². The van der Waals surface area contributed by atoms with Crippen LogP contribution in [0.25, 0.3) is 0 Å². The second-order valence-electron chi connectivity index (χ2n) is 12.0. The Balaban J connectivity index is 1.60. The van der Waals surface area contributed by atoms with Crippen molar-refractivity contribution in [3.8, 4) is 0 Å². The summed E-state index contributed by atoms with van der Waals surface area (Å²) in [5.41, 5.74) is 4.29. The lowest BCUT2D eigenvalue weighted by atomic mass is 9.94. The zero-order valence-electron chi connectivity index (χ0n) is 26.0. The molecular weight excluding hydrogens is 594 g/mol. The van der Waals surface area contributed by atoms with Gasteiger partial charge in [-0.1, -0.05) is 79.4 Å². The Morgan fingerprint density at radius 3 is 2.20 bits per heavy atom. The van der Waals surface area contributed by atoms with Gasteiger partial charge in [-0.15, -0.1) is 0 Å². The van der Waals surface area contributed by atoms with E-state index < -0.39 is 16.1 Å². The van der Waals surface area contributed by atoms with Crippen LogP contribution in [0, 0.1) is 13.8 Å². The molecule has 1 aliphatic rings. The summed E-state index contributed by atoms with van der Waals surface area (Å²) in [4.78, 5) is 29.7. The van der Waals surface area contributed by atoms with Crippen LogP contribution in [-0.2, 0) is 32.6 Å². The van der Waals surface area contributed by atoms with Gasteiger partial charge in [-0.05, 0) is 79.6 Å². The molecule has 0 saturated heterocycles. The van der Waals surface area contributed by atoms with Gasteiger partial charge in [0.2, 0.25) is 21.8 Å². The first-order chi connectivity index (χ1) is 21.0. The fourth-order valence-electron chi connectivity index (χ4n) is 6.03. The molecule has 1 saturated carbocycles. The Morgan fingerprint density at radius 1 is 0.909 bits per heavy atom. The van der Waals surface area contributed by atoms with Crippen molar-refractivity contribution >= 4 is 39.1 Å². The van der Waals surface area contributed by atoms with Gasteiger partial charge in [-0.2, -0.15) is 0 Å². The molecule has 0 radical (unpaired) electrons. The van der Waals surface area contributed by atoms with Gasteiger partial charge in [0.05, 0.1) is 11.9 Å². The van der Waals surface area contributed by atoms with Crippen LogP contribution in [0.5, 0.6) is 0 Å². The number of sulfonamides is 1. The van der Waals surface area contributed by atoms with Crippen molar-refractivity contribution in [3.05, 3.63) is 100 Å². The first-order valence-electron chi connectivity index (χ1n) is 15.4. The fraction of sp³-hybridized carbons (Fsp3) is 0.429. The summed E-state index contributed by atoms with van der Waals surface area (Å²) in [7, 11) is -3.58. The molecule has 1 atom stereocenters. The maximum absolute atomic E-state index is 14.1. The summed E-state index contributed by atoms with van der Waals surface area (Å²) in [6.45, 7) is 4.22. The third-order valence-corrected chi connectivity index (χ3v) is 9.54. The van der Waals surface area contributed by atoms with Crippen LogP contribution in [0.2, 0.25) is 5.02 Å². The third-order valence-electron chi connectivity index (χ3n) is 8.11. The van der Waals surface area contributed by atoms with Gasteiger partial charge in [0.15, 0.2) is 0 Å². The van der Waals surface area contributed by atoms with Gasteiger partial charge < -0.3 is 10.2 Å². The summed E-state index contributed by atoms with van der Waals surface area (Å²) in [5.74, 6) is -0.372. The van der Waals surface area contributed by atoms with Crippen LogP contribution >= 0.6 is 11.6 Å². The van der Waals surface area contributed by atoms with Crippen LogP contribution in [0.1, 0.15) is 67.2 Å². The summed E-state index contributed by atoms with van der Waals surface area (Å²) >= 11 is 6.31. The smallest absolute Gasteiger partial charge is 0.243 e. The zero-order valence-corrected chi connectivity index (χ0v) is 27.5. The normalized spacial score (nSPS) is 14.5. The number of aryl methyl sites for hydroxylation is 2. The van der Waals surface area contributed by atoms with Gasteiger partial charge in [0, 0.05) is 37.0 Å². The Hall–Kier alpha value is -3.36. The van der Waals surface area contributed by atoms with E-state index in [2.05, 4.69) is 5.32 Å². The maximum atomic E-state index is 14.1. The van der Waals surface area contributed by atoms with E-state index in [1.54, 1.807) is 11.0 Å². The topological polar surface area (TPSA) is 86.8 Å². The van der Waals surface area contributed by atoms with E-state index in [4.69, 9.17) is 11.6 Å². The third kappa shape index (κ3) is 9.83. The summed E-state index contributed by atoms with van der Waals surface area (Å²) in [5, 5.41) is 3.81. The van der Waals surface area contributed by atoms with Crippen molar-refractivity contribution < 1.29 is 18.0 Å². The Labute approximate surface area is 267 Å². The zero-order chi connectivity index (χ0) is 31.7. The van der Waals surface area contributed by atoms with Crippen LogP contribution < -0.4 is 9.62 Å². The summed E-state index contributed by atoms with van der Waals surface area (Å²) < 4.78 is 26.9. The molecule has 3 aromatic carbocycles. The molecule has 7 nitrogen and oxygen atoms in total. The van der Waals surface area contributed by atoms with E-state index in [9.17, 15) is 18.0 Å². The number of hydrogen-bond acceptors (Lipinski definition) is 4. The van der Waals surface area contributed by atoms with Crippen LogP contribution in [-0.4, -0.2) is 50.0 Å². The predicted molar refractivity (Wildman–Crippen MR) is 178 cm³/mol. The van der Waals surface area contributed by atoms with Crippen molar-refractivity contribution in [3.63, 3.8) is 0 Å². The minimum absolute atomic E-state index is 0.0827. The van der Waals surface area contributed by atoms with E-state index in [0.717, 1.165) is 47.9 Å². The van der Waals surface area contributed by atoms with E-state index >= 15 is 0 Å². The van der Waals surface area contributed by atoms with Crippen molar-refractivity contribution in [2.24, 2.45) is 0 Å². The standard InChI is InChI=1S/C35H44ClN3O4S/c1-26-20-27(2)22-32(21-26)39(44(3,42)43)19-11-18-34(40)38(25-29-14-10-15-30(36)23-29)33(24-28-12-6-4-7-13-28)35(41)37-31-16-8-5-9-17-31/h4,6-7,10,12-15,20-23,31,33H,5,8-9,11,16-19,24-25H2,1-3H3,(H,37,41)/t33-/m1/s1. The molecular formula is C35H44ClN3O4S. The Morgan fingerprint density at radius 2 is 1.57 bits per heavy atom. The highest BCUT2D eigenvalue weighted by Crippen LogP contribution is 2.24. The Kier molecular flexibility index (Phi) is 11.9. The Bertz CT molecular complexity index is 1500. The molecule has 0 aliphatic heterocycles. The minimum Gasteiger partial charge on any atom is -0.352 e.